The molecule has 3 atom stereocenters. The van der Waals surface area contributed by atoms with E-state index in [0.717, 1.165) is 15.7 Å². The minimum absolute atomic E-state index is 0.870. The van der Waals surface area contributed by atoms with Crippen LogP contribution in [0, 0.1) is 5.92 Å². The van der Waals surface area contributed by atoms with E-state index in [1.807, 2.05) is 0 Å². The molecule has 1 aliphatic carbocycles. The molecular formula is C9H16S2. The van der Waals surface area contributed by atoms with Gasteiger partial charge in [-0.2, -0.15) is 0 Å². The largest absolute Gasteiger partial charge is 0.148 e. The molecule has 2 rings (SSSR count). The van der Waals surface area contributed by atoms with Gasteiger partial charge in [0, 0.05) is 9.83 Å². The van der Waals surface area contributed by atoms with E-state index in [1.165, 1.54) is 31.4 Å². The van der Waals surface area contributed by atoms with Crippen LogP contribution < -0.4 is 0 Å². The Bertz CT molecular complexity index is 136. The smallest absolute Gasteiger partial charge is 0.0477 e. The highest BCUT2D eigenvalue weighted by Gasteiger charge is 2.31. The van der Waals surface area contributed by atoms with E-state index in [9.17, 15) is 0 Å². The van der Waals surface area contributed by atoms with Crippen molar-refractivity contribution in [3.05, 3.63) is 0 Å². The van der Waals surface area contributed by atoms with E-state index in [-0.39, 0.29) is 0 Å². The van der Waals surface area contributed by atoms with Crippen LogP contribution in [0.5, 0.6) is 0 Å². The Hall–Kier alpha value is 0.700. The summed E-state index contributed by atoms with van der Waals surface area (Å²) in [5.74, 6) is 2.51. The molecule has 0 aromatic heterocycles. The van der Waals surface area contributed by atoms with E-state index in [1.54, 1.807) is 0 Å². The number of rotatable bonds is 0. The highest BCUT2D eigenvalue weighted by atomic mass is 32.2. The Morgan fingerprint density at radius 3 is 2.91 bits per heavy atom. The number of hydrogen-bond donors (Lipinski definition) is 0. The summed E-state index contributed by atoms with van der Waals surface area (Å²) in [6.45, 7) is 2.36. The molecule has 0 aromatic rings. The summed E-state index contributed by atoms with van der Waals surface area (Å²) < 4.78 is 0.870. The molecule has 0 bridgehead atoms. The second kappa shape index (κ2) is 3.61. The second-order valence-corrected chi connectivity index (χ2v) is 6.88. The van der Waals surface area contributed by atoms with Crippen molar-refractivity contribution in [2.24, 2.45) is 5.92 Å². The second-order valence-electron chi connectivity index (χ2n) is 3.62. The van der Waals surface area contributed by atoms with Gasteiger partial charge in [-0.25, -0.2) is 0 Å². The third-order valence-corrected chi connectivity index (χ3v) is 5.94. The molecule has 1 saturated carbocycles. The third kappa shape index (κ3) is 1.89. The highest BCUT2D eigenvalue weighted by Crippen LogP contribution is 2.45. The maximum Gasteiger partial charge on any atom is 0.0477 e. The maximum absolute atomic E-state index is 2.36. The van der Waals surface area contributed by atoms with Crippen LogP contribution in [0.2, 0.25) is 0 Å². The summed E-state index contributed by atoms with van der Waals surface area (Å²) in [5, 5.41) is 1.03. The summed E-state index contributed by atoms with van der Waals surface area (Å²) >= 11 is 4.40. The lowest BCUT2D eigenvalue weighted by Crippen LogP contribution is -2.29. The third-order valence-electron chi connectivity index (χ3n) is 2.75. The molecule has 0 aromatic carbocycles. The van der Waals surface area contributed by atoms with Crippen LogP contribution in [-0.2, 0) is 0 Å². The molecule has 0 N–H and O–H groups in total. The van der Waals surface area contributed by atoms with Crippen molar-refractivity contribution >= 4 is 23.5 Å². The molecule has 0 radical (unpaired) electrons. The number of hydrogen-bond acceptors (Lipinski definition) is 2. The standard InChI is InChI=1S/C9H16S2/c1-7-10-6-8-4-2-3-5-9(8)11-7/h7-9H,2-6H2,1H3/t7-,8-,9-/m0/s1. The van der Waals surface area contributed by atoms with Crippen LogP contribution in [0.4, 0.5) is 0 Å². The first-order valence-electron chi connectivity index (χ1n) is 4.63. The molecular weight excluding hydrogens is 172 g/mol. The van der Waals surface area contributed by atoms with Gasteiger partial charge in [0.25, 0.3) is 0 Å². The molecule has 0 unspecified atom stereocenters. The molecule has 1 saturated heterocycles. The quantitative estimate of drug-likeness (QED) is 0.571. The predicted octanol–water partition coefficient (Wildman–Crippen LogP) is 3.37. The van der Waals surface area contributed by atoms with Crippen LogP contribution >= 0.6 is 23.5 Å². The Labute approximate surface area is 77.9 Å². The van der Waals surface area contributed by atoms with Crippen molar-refractivity contribution in [2.75, 3.05) is 5.75 Å². The zero-order valence-electron chi connectivity index (χ0n) is 7.08. The Morgan fingerprint density at radius 2 is 2.00 bits per heavy atom. The van der Waals surface area contributed by atoms with Crippen molar-refractivity contribution in [3.63, 3.8) is 0 Å². The van der Waals surface area contributed by atoms with Gasteiger partial charge in [0.05, 0.1) is 0 Å². The SMILES string of the molecule is C[C@H]1SC[C@@H]2CCCC[C@@H]2S1. The fourth-order valence-corrected chi connectivity index (χ4v) is 5.35. The number of thioether (sulfide) groups is 2. The first-order chi connectivity index (χ1) is 5.36. The van der Waals surface area contributed by atoms with Gasteiger partial charge < -0.3 is 0 Å². The van der Waals surface area contributed by atoms with Crippen LogP contribution in [0.1, 0.15) is 32.6 Å². The lowest BCUT2D eigenvalue weighted by molar-refractivity contribution is 0.401. The Morgan fingerprint density at radius 1 is 1.18 bits per heavy atom. The molecule has 1 aliphatic heterocycles. The summed E-state index contributed by atoms with van der Waals surface area (Å²) in [6.07, 6.45) is 6.00. The Balaban J connectivity index is 1.93. The molecule has 0 amide bonds. The van der Waals surface area contributed by atoms with Gasteiger partial charge in [-0.3, -0.25) is 0 Å². The summed E-state index contributed by atoms with van der Waals surface area (Å²) in [6, 6.07) is 0. The lowest BCUT2D eigenvalue weighted by atomic mass is 9.90. The number of fused-ring (bicyclic) bond motifs is 1. The van der Waals surface area contributed by atoms with Crippen LogP contribution in [0.3, 0.4) is 0 Å². The predicted molar refractivity (Wildman–Crippen MR) is 55.3 cm³/mol. The normalized spacial score (nSPS) is 45.0. The molecule has 1 heterocycles. The van der Waals surface area contributed by atoms with E-state index in [0.29, 0.717) is 0 Å². The Kier molecular flexibility index (Phi) is 2.73. The van der Waals surface area contributed by atoms with Crippen LogP contribution in [0.25, 0.3) is 0 Å². The first kappa shape index (κ1) is 8.31. The van der Waals surface area contributed by atoms with Crippen LogP contribution in [-0.4, -0.2) is 15.6 Å². The highest BCUT2D eigenvalue weighted by molar-refractivity contribution is 8.17. The fourth-order valence-electron chi connectivity index (χ4n) is 2.09. The van der Waals surface area contributed by atoms with E-state index < -0.39 is 0 Å². The molecule has 2 aliphatic rings. The van der Waals surface area contributed by atoms with Gasteiger partial charge in [-0.05, 0) is 31.4 Å². The average Bonchev–Trinajstić information content (AvgIpc) is 2.04. The minimum atomic E-state index is 0.870. The summed E-state index contributed by atoms with van der Waals surface area (Å²) in [7, 11) is 0. The fraction of sp³-hybridized carbons (Fsp3) is 1.00. The monoisotopic (exact) mass is 188 g/mol. The van der Waals surface area contributed by atoms with Gasteiger partial charge in [-0.15, -0.1) is 23.5 Å². The molecule has 64 valence electrons. The van der Waals surface area contributed by atoms with Crippen molar-refractivity contribution in [3.8, 4) is 0 Å². The first-order valence-corrected chi connectivity index (χ1v) is 6.62. The summed E-state index contributed by atoms with van der Waals surface area (Å²) in [4.78, 5) is 0. The topological polar surface area (TPSA) is 0 Å². The van der Waals surface area contributed by atoms with Crippen molar-refractivity contribution in [1.29, 1.82) is 0 Å². The van der Waals surface area contributed by atoms with E-state index >= 15 is 0 Å². The van der Waals surface area contributed by atoms with Crippen LogP contribution in [0.15, 0.2) is 0 Å². The van der Waals surface area contributed by atoms with Gasteiger partial charge in [-0.1, -0.05) is 12.8 Å². The van der Waals surface area contributed by atoms with Gasteiger partial charge in [0.2, 0.25) is 0 Å². The van der Waals surface area contributed by atoms with E-state index in [2.05, 4.69) is 30.4 Å². The minimum Gasteiger partial charge on any atom is -0.148 e. The van der Waals surface area contributed by atoms with Crippen molar-refractivity contribution in [2.45, 2.75) is 42.4 Å². The average molecular weight is 188 g/mol. The van der Waals surface area contributed by atoms with Crippen molar-refractivity contribution < 1.29 is 0 Å². The van der Waals surface area contributed by atoms with Crippen molar-refractivity contribution in [1.82, 2.24) is 0 Å². The van der Waals surface area contributed by atoms with Gasteiger partial charge in [0.1, 0.15) is 0 Å². The molecule has 11 heavy (non-hydrogen) atoms. The molecule has 0 nitrogen and oxygen atoms in total. The lowest BCUT2D eigenvalue weighted by Gasteiger charge is -2.37. The molecule has 0 spiro atoms. The molecule has 2 fully saturated rings. The summed E-state index contributed by atoms with van der Waals surface area (Å²) in [5.41, 5.74) is 0. The molecule has 2 heteroatoms. The van der Waals surface area contributed by atoms with Gasteiger partial charge in [0.15, 0.2) is 0 Å². The maximum atomic E-state index is 2.36. The van der Waals surface area contributed by atoms with Gasteiger partial charge >= 0.3 is 0 Å². The zero-order chi connectivity index (χ0) is 7.68. The zero-order valence-corrected chi connectivity index (χ0v) is 8.72. The van der Waals surface area contributed by atoms with E-state index in [4.69, 9.17) is 0 Å².